The second-order valence-electron chi connectivity index (χ2n) is 7.27. The highest BCUT2D eigenvalue weighted by atomic mass is 16.2. The topological polar surface area (TPSA) is 65.2 Å². The van der Waals surface area contributed by atoms with E-state index in [0.717, 1.165) is 24.8 Å². The molecule has 2 N–H and O–H groups in total. The number of hydrogen-bond donors (Lipinski definition) is 2. The summed E-state index contributed by atoms with van der Waals surface area (Å²) in [7, 11) is 0. The Labute approximate surface area is 155 Å². The molecule has 5 nitrogen and oxygen atoms in total. The summed E-state index contributed by atoms with van der Waals surface area (Å²) in [5.74, 6) is 0.0885. The molecule has 0 saturated heterocycles. The number of hydrogen-bond acceptors (Lipinski definition) is 2. The second-order valence-corrected chi connectivity index (χ2v) is 7.27. The van der Waals surface area contributed by atoms with Crippen molar-refractivity contribution in [2.24, 2.45) is 0 Å². The van der Waals surface area contributed by atoms with E-state index in [1.165, 1.54) is 30.2 Å². The van der Waals surface area contributed by atoms with E-state index in [9.17, 15) is 9.59 Å². The summed E-state index contributed by atoms with van der Waals surface area (Å²) in [6.45, 7) is 2.69. The number of aromatic nitrogens is 1. The molecule has 2 amide bonds. The third kappa shape index (κ3) is 4.87. The monoisotopic (exact) mass is 355 g/mol. The predicted octanol–water partition coefficient (Wildman–Crippen LogP) is 3.40. The van der Waals surface area contributed by atoms with Gasteiger partial charge >= 0.3 is 0 Å². The lowest BCUT2D eigenvalue weighted by atomic mass is 9.95. The van der Waals surface area contributed by atoms with E-state index in [0.29, 0.717) is 25.6 Å². The molecule has 1 aromatic heterocycles. The molecule has 1 heterocycles. The number of nitrogens with zero attached hydrogens (tertiary/aromatic N) is 1. The average Bonchev–Trinajstić information content (AvgIpc) is 3.05. The van der Waals surface area contributed by atoms with Crippen molar-refractivity contribution in [3.63, 3.8) is 0 Å². The van der Waals surface area contributed by atoms with Crippen LogP contribution in [0.5, 0.6) is 0 Å². The first-order chi connectivity index (χ1) is 12.6. The van der Waals surface area contributed by atoms with Crippen molar-refractivity contribution in [2.45, 2.75) is 57.9 Å². The molecule has 26 heavy (non-hydrogen) atoms. The molecule has 1 aliphatic carbocycles. The summed E-state index contributed by atoms with van der Waals surface area (Å²) < 4.78 is 0. The Bertz CT molecular complexity index is 747. The first-order valence-corrected chi connectivity index (χ1v) is 9.73. The maximum absolute atomic E-state index is 12.2. The Morgan fingerprint density at radius 3 is 2.69 bits per heavy atom. The van der Waals surface area contributed by atoms with Gasteiger partial charge in [0.25, 0.3) is 0 Å². The van der Waals surface area contributed by atoms with Gasteiger partial charge in [0, 0.05) is 49.6 Å². The van der Waals surface area contributed by atoms with Crippen molar-refractivity contribution in [2.75, 3.05) is 13.1 Å². The van der Waals surface area contributed by atoms with Gasteiger partial charge in [-0.15, -0.1) is 0 Å². The third-order valence-corrected chi connectivity index (χ3v) is 5.35. The Balaban J connectivity index is 1.49. The number of carbonyl (C=O) groups excluding carboxylic acids is 2. The van der Waals surface area contributed by atoms with Crippen molar-refractivity contribution in [1.82, 2.24) is 15.2 Å². The van der Waals surface area contributed by atoms with E-state index < -0.39 is 0 Å². The SMILES string of the molecule is CC(=O)N(CCC(=O)NC1CCCCC1)CCc1c[nH]c2ccccc12. The molecule has 0 spiro atoms. The minimum absolute atomic E-state index is 0.0234. The molecule has 0 bridgehead atoms. The van der Waals surface area contributed by atoms with Gasteiger partial charge in [-0.1, -0.05) is 37.5 Å². The number of amides is 2. The molecule has 1 fully saturated rings. The normalized spacial score (nSPS) is 15.1. The highest BCUT2D eigenvalue weighted by Gasteiger charge is 2.17. The molecule has 1 saturated carbocycles. The summed E-state index contributed by atoms with van der Waals surface area (Å²) >= 11 is 0. The van der Waals surface area contributed by atoms with Crippen LogP contribution in [0.1, 0.15) is 51.0 Å². The maximum atomic E-state index is 12.2. The number of nitrogens with one attached hydrogen (secondary N) is 2. The van der Waals surface area contributed by atoms with Crippen molar-refractivity contribution < 1.29 is 9.59 Å². The quantitative estimate of drug-likeness (QED) is 0.799. The molecular formula is C21H29N3O2. The van der Waals surface area contributed by atoms with Crippen LogP contribution in [0, 0.1) is 0 Å². The van der Waals surface area contributed by atoms with Crippen LogP contribution in [0.2, 0.25) is 0 Å². The van der Waals surface area contributed by atoms with Gasteiger partial charge in [-0.25, -0.2) is 0 Å². The number of benzene rings is 1. The average molecular weight is 355 g/mol. The van der Waals surface area contributed by atoms with Gasteiger partial charge in [0.05, 0.1) is 0 Å². The Kier molecular flexibility index (Phi) is 6.31. The number of rotatable bonds is 7. The molecule has 0 unspecified atom stereocenters. The smallest absolute Gasteiger partial charge is 0.221 e. The fourth-order valence-corrected chi connectivity index (χ4v) is 3.80. The van der Waals surface area contributed by atoms with Gasteiger partial charge in [0.2, 0.25) is 11.8 Å². The summed E-state index contributed by atoms with van der Waals surface area (Å²) in [5.41, 5.74) is 2.32. The Hall–Kier alpha value is -2.30. The molecule has 140 valence electrons. The van der Waals surface area contributed by atoms with E-state index in [4.69, 9.17) is 0 Å². The second kappa shape index (κ2) is 8.88. The molecule has 2 aromatic rings. The minimum atomic E-state index is 0.0234. The van der Waals surface area contributed by atoms with Gasteiger partial charge < -0.3 is 15.2 Å². The van der Waals surface area contributed by atoms with E-state index >= 15 is 0 Å². The van der Waals surface area contributed by atoms with Gasteiger partial charge in [0.1, 0.15) is 0 Å². The van der Waals surface area contributed by atoms with Gasteiger partial charge in [-0.05, 0) is 30.9 Å². The lowest BCUT2D eigenvalue weighted by molar-refractivity contribution is -0.129. The number of aromatic amines is 1. The van der Waals surface area contributed by atoms with Gasteiger partial charge in [-0.2, -0.15) is 0 Å². The predicted molar refractivity (Wildman–Crippen MR) is 104 cm³/mol. The molecule has 0 aliphatic heterocycles. The van der Waals surface area contributed by atoms with Crippen LogP contribution in [-0.2, 0) is 16.0 Å². The fraction of sp³-hybridized carbons (Fsp3) is 0.524. The van der Waals surface area contributed by atoms with Crippen LogP contribution < -0.4 is 5.32 Å². The Morgan fingerprint density at radius 1 is 1.15 bits per heavy atom. The molecule has 3 rings (SSSR count). The Morgan fingerprint density at radius 2 is 1.92 bits per heavy atom. The van der Waals surface area contributed by atoms with Crippen molar-refractivity contribution >= 4 is 22.7 Å². The molecule has 0 radical (unpaired) electrons. The van der Waals surface area contributed by atoms with Crippen molar-refractivity contribution in [3.8, 4) is 0 Å². The number of carbonyl (C=O) groups is 2. The van der Waals surface area contributed by atoms with E-state index in [-0.39, 0.29) is 11.8 Å². The van der Waals surface area contributed by atoms with Crippen LogP contribution in [0.4, 0.5) is 0 Å². The lowest BCUT2D eigenvalue weighted by Gasteiger charge is -2.24. The molecule has 0 atom stereocenters. The van der Waals surface area contributed by atoms with Crippen LogP contribution in [0.3, 0.4) is 0 Å². The zero-order chi connectivity index (χ0) is 18.4. The summed E-state index contributed by atoms with van der Waals surface area (Å²) in [6.07, 6.45) is 9.03. The van der Waals surface area contributed by atoms with Crippen LogP contribution in [0.25, 0.3) is 10.9 Å². The first-order valence-electron chi connectivity index (χ1n) is 9.73. The maximum Gasteiger partial charge on any atom is 0.221 e. The highest BCUT2D eigenvalue weighted by Crippen LogP contribution is 2.19. The lowest BCUT2D eigenvalue weighted by Crippen LogP contribution is -2.39. The van der Waals surface area contributed by atoms with Crippen LogP contribution >= 0.6 is 0 Å². The molecule has 1 aliphatic rings. The summed E-state index contributed by atoms with van der Waals surface area (Å²) in [5, 5.41) is 4.33. The zero-order valence-corrected chi connectivity index (χ0v) is 15.6. The van der Waals surface area contributed by atoms with Crippen LogP contribution in [-0.4, -0.2) is 40.8 Å². The summed E-state index contributed by atoms with van der Waals surface area (Å²) in [4.78, 5) is 29.2. The largest absolute Gasteiger partial charge is 0.361 e. The molecule has 1 aromatic carbocycles. The van der Waals surface area contributed by atoms with Crippen molar-refractivity contribution in [1.29, 1.82) is 0 Å². The first kappa shape index (κ1) is 18.5. The number of H-pyrrole nitrogens is 1. The summed E-state index contributed by atoms with van der Waals surface area (Å²) in [6, 6.07) is 8.51. The molecule has 5 heteroatoms. The fourth-order valence-electron chi connectivity index (χ4n) is 3.80. The number of para-hydroxylation sites is 1. The van der Waals surface area contributed by atoms with Gasteiger partial charge in [0.15, 0.2) is 0 Å². The third-order valence-electron chi connectivity index (χ3n) is 5.35. The van der Waals surface area contributed by atoms with Crippen LogP contribution in [0.15, 0.2) is 30.5 Å². The standard InChI is InChI=1S/C21H29N3O2/c1-16(25)24(14-12-21(26)23-18-7-3-2-4-8-18)13-11-17-15-22-20-10-6-5-9-19(17)20/h5-6,9-10,15,18,22H,2-4,7-8,11-14H2,1H3,(H,23,26). The van der Waals surface area contributed by atoms with E-state index in [2.05, 4.69) is 22.4 Å². The van der Waals surface area contributed by atoms with Gasteiger partial charge in [-0.3, -0.25) is 9.59 Å². The van der Waals surface area contributed by atoms with Crippen molar-refractivity contribution in [3.05, 3.63) is 36.0 Å². The van der Waals surface area contributed by atoms with E-state index in [1.807, 2.05) is 18.3 Å². The minimum Gasteiger partial charge on any atom is -0.361 e. The molecular weight excluding hydrogens is 326 g/mol. The highest BCUT2D eigenvalue weighted by molar-refractivity contribution is 5.83. The zero-order valence-electron chi connectivity index (χ0n) is 15.6. The number of fused-ring (bicyclic) bond motifs is 1. The van der Waals surface area contributed by atoms with E-state index in [1.54, 1.807) is 11.8 Å².